The largest absolute Gasteiger partial charge is 0.325 e. The van der Waals surface area contributed by atoms with E-state index in [-0.39, 0.29) is 17.2 Å². The molecule has 5 aromatic rings. The summed E-state index contributed by atoms with van der Waals surface area (Å²) < 4.78 is 3.49. The molecule has 3 aromatic carbocycles. The summed E-state index contributed by atoms with van der Waals surface area (Å²) in [4.78, 5) is 26.1. The first-order chi connectivity index (χ1) is 17.0. The average molecular weight is 484 g/mol. The highest BCUT2D eigenvalue weighted by Crippen LogP contribution is 2.25. The maximum absolute atomic E-state index is 13.3. The van der Waals surface area contributed by atoms with Gasteiger partial charge in [0.25, 0.3) is 5.56 Å². The number of nitrogens with zero attached hydrogens (tertiary/aromatic N) is 4. The van der Waals surface area contributed by atoms with E-state index >= 15 is 0 Å². The molecule has 7 nitrogen and oxygen atoms in total. The van der Waals surface area contributed by atoms with Gasteiger partial charge in [-0.25, -0.2) is 0 Å². The van der Waals surface area contributed by atoms with Gasteiger partial charge in [0.15, 0.2) is 5.16 Å². The van der Waals surface area contributed by atoms with E-state index in [9.17, 15) is 9.59 Å². The summed E-state index contributed by atoms with van der Waals surface area (Å²) in [6.07, 6.45) is 0. The van der Waals surface area contributed by atoms with Crippen molar-refractivity contribution in [2.75, 3.05) is 11.1 Å². The topological polar surface area (TPSA) is 81.3 Å². The zero-order chi connectivity index (χ0) is 24.4. The zero-order valence-electron chi connectivity index (χ0n) is 19.5. The summed E-state index contributed by atoms with van der Waals surface area (Å²) in [5, 5.41) is 12.9. The zero-order valence-corrected chi connectivity index (χ0v) is 20.3. The summed E-state index contributed by atoms with van der Waals surface area (Å²) in [6.45, 7) is 4.58. The van der Waals surface area contributed by atoms with Crippen molar-refractivity contribution in [2.45, 2.75) is 31.5 Å². The molecule has 0 fully saturated rings. The lowest BCUT2D eigenvalue weighted by molar-refractivity contribution is -0.113. The van der Waals surface area contributed by atoms with Crippen LogP contribution in [0.3, 0.4) is 0 Å². The van der Waals surface area contributed by atoms with Gasteiger partial charge in [0.1, 0.15) is 0 Å². The second-order valence-corrected chi connectivity index (χ2v) is 9.53. The number of rotatable bonds is 7. The molecule has 1 amide bonds. The first-order valence-electron chi connectivity index (χ1n) is 11.4. The van der Waals surface area contributed by atoms with Crippen LogP contribution in [0, 0.1) is 0 Å². The summed E-state index contributed by atoms with van der Waals surface area (Å²) in [6, 6.07) is 25.0. The molecule has 2 heterocycles. The molecule has 0 spiro atoms. The highest BCUT2D eigenvalue weighted by atomic mass is 32.2. The van der Waals surface area contributed by atoms with Gasteiger partial charge in [-0.05, 0) is 35.2 Å². The number of carbonyl (C=O) groups excluding carboxylic acids is 1. The number of thioether (sulfide) groups is 1. The molecule has 0 bridgehead atoms. The molecule has 0 atom stereocenters. The van der Waals surface area contributed by atoms with Gasteiger partial charge in [-0.1, -0.05) is 86.3 Å². The fourth-order valence-electron chi connectivity index (χ4n) is 4.17. The molecule has 176 valence electrons. The van der Waals surface area contributed by atoms with Gasteiger partial charge in [-0.3, -0.25) is 18.6 Å². The standard InChI is InChI=1S/C27H25N5O2S/c1-18(2)20-12-6-8-14-22(20)28-24(33)17-35-27-30-29-26-31(16-19-10-4-3-5-11-19)25(34)21-13-7-9-15-23(21)32(26)27/h3-15,18H,16-17H2,1-2H3,(H,28,33). The van der Waals surface area contributed by atoms with Crippen LogP contribution in [0.25, 0.3) is 16.7 Å². The van der Waals surface area contributed by atoms with E-state index in [1.165, 1.54) is 11.8 Å². The van der Waals surface area contributed by atoms with E-state index in [4.69, 9.17) is 0 Å². The molecule has 0 saturated heterocycles. The highest BCUT2D eigenvalue weighted by Gasteiger charge is 2.18. The Kier molecular flexibility index (Phi) is 6.37. The molecule has 0 saturated carbocycles. The fourth-order valence-corrected chi connectivity index (χ4v) is 4.91. The van der Waals surface area contributed by atoms with Gasteiger partial charge in [0.2, 0.25) is 11.7 Å². The average Bonchev–Trinajstić information content (AvgIpc) is 3.30. The van der Waals surface area contributed by atoms with E-state index in [1.807, 2.05) is 83.3 Å². The van der Waals surface area contributed by atoms with Crippen molar-refractivity contribution >= 4 is 40.0 Å². The number of amides is 1. The molecule has 2 aromatic heterocycles. The minimum Gasteiger partial charge on any atom is -0.325 e. The van der Waals surface area contributed by atoms with Crippen molar-refractivity contribution in [1.82, 2.24) is 19.2 Å². The summed E-state index contributed by atoms with van der Waals surface area (Å²) >= 11 is 1.30. The Labute approximate surface area is 206 Å². The lowest BCUT2D eigenvalue weighted by Crippen LogP contribution is -2.24. The quantitative estimate of drug-likeness (QED) is 0.332. The predicted octanol–water partition coefficient (Wildman–Crippen LogP) is 4.95. The van der Waals surface area contributed by atoms with E-state index in [0.29, 0.717) is 28.8 Å². The lowest BCUT2D eigenvalue weighted by atomic mass is 10.0. The third-order valence-electron chi connectivity index (χ3n) is 5.85. The second kappa shape index (κ2) is 9.76. The molecule has 0 aliphatic carbocycles. The molecule has 0 radical (unpaired) electrons. The van der Waals surface area contributed by atoms with Crippen LogP contribution in [-0.4, -0.2) is 30.8 Å². The number of anilines is 1. The van der Waals surface area contributed by atoms with Gasteiger partial charge in [-0.15, -0.1) is 10.2 Å². The molecule has 1 N–H and O–H groups in total. The van der Waals surface area contributed by atoms with Crippen LogP contribution in [0.5, 0.6) is 0 Å². The highest BCUT2D eigenvalue weighted by molar-refractivity contribution is 7.99. The lowest BCUT2D eigenvalue weighted by Gasteiger charge is -2.13. The van der Waals surface area contributed by atoms with Crippen molar-refractivity contribution in [3.8, 4) is 0 Å². The Morgan fingerprint density at radius 3 is 2.46 bits per heavy atom. The Hall–Kier alpha value is -3.91. The Bertz CT molecular complexity index is 1570. The van der Waals surface area contributed by atoms with Crippen LogP contribution in [0.1, 0.15) is 30.9 Å². The first-order valence-corrected chi connectivity index (χ1v) is 12.4. The number of para-hydroxylation sites is 2. The molecule has 0 aliphatic heterocycles. The molecular weight excluding hydrogens is 458 g/mol. The van der Waals surface area contributed by atoms with E-state index in [2.05, 4.69) is 29.4 Å². The summed E-state index contributed by atoms with van der Waals surface area (Å²) in [5.74, 6) is 0.791. The Morgan fingerprint density at radius 2 is 1.66 bits per heavy atom. The van der Waals surface area contributed by atoms with Crippen LogP contribution >= 0.6 is 11.8 Å². The monoisotopic (exact) mass is 483 g/mol. The molecule has 0 unspecified atom stereocenters. The smallest absolute Gasteiger partial charge is 0.263 e. The predicted molar refractivity (Wildman–Crippen MR) is 140 cm³/mol. The molecule has 35 heavy (non-hydrogen) atoms. The fraction of sp³-hybridized carbons (Fsp3) is 0.185. The normalized spacial score (nSPS) is 11.4. The number of nitrogens with one attached hydrogen (secondary N) is 1. The van der Waals surface area contributed by atoms with E-state index < -0.39 is 0 Å². The maximum Gasteiger partial charge on any atom is 0.263 e. The number of fused-ring (bicyclic) bond motifs is 3. The minimum absolute atomic E-state index is 0.121. The van der Waals surface area contributed by atoms with Crippen molar-refractivity contribution in [2.24, 2.45) is 0 Å². The third kappa shape index (κ3) is 4.57. The molecule has 5 rings (SSSR count). The molecule has 8 heteroatoms. The van der Waals surface area contributed by atoms with Gasteiger partial charge in [0, 0.05) is 5.69 Å². The van der Waals surface area contributed by atoms with Crippen LogP contribution in [0.4, 0.5) is 5.69 Å². The number of benzene rings is 3. The number of carbonyl (C=O) groups is 1. The van der Waals surface area contributed by atoms with Crippen LogP contribution in [0.15, 0.2) is 88.8 Å². The van der Waals surface area contributed by atoms with Crippen molar-refractivity contribution in [3.05, 3.63) is 100 Å². The SMILES string of the molecule is CC(C)c1ccccc1NC(=O)CSc1nnc2n(Cc3ccccc3)c(=O)c3ccccc3n12. The van der Waals surface area contributed by atoms with Crippen LogP contribution in [0.2, 0.25) is 0 Å². The van der Waals surface area contributed by atoms with Gasteiger partial charge >= 0.3 is 0 Å². The number of hydrogen-bond donors (Lipinski definition) is 1. The molecular formula is C27H25N5O2S. The first kappa shape index (κ1) is 22.9. The number of aromatic nitrogens is 4. The van der Waals surface area contributed by atoms with Gasteiger partial charge < -0.3 is 5.32 Å². The molecule has 0 aliphatic rings. The Morgan fingerprint density at radius 1 is 0.943 bits per heavy atom. The van der Waals surface area contributed by atoms with E-state index in [1.54, 1.807) is 4.57 Å². The van der Waals surface area contributed by atoms with Crippen molar-refractivity contribution in [3.63, 3.8) is 0 Å². The van der Waals surface area contributed by atoms with Crippen molar-refractivity contribution in [1.29, 1.82) is 0 Å². The number of hydrogen-bond acceptors (Lipinski definition) is 5. The van der Waals surface area contributed by atoms with E-state index in [0.717, 1.165) is 22.3 Å². The second-order valence-electron chi connectivity index (χ2n) is 8.59. The van der Waals surface area contributed by atoms with Crippen LogP contribution in [-0.2, 0) is 11.3 Å². The summed E-state index contributed by atoms with van der Waals surface area (Å²) in [5.41, 5.74) is 3.50. The maximum atomic E-state index is 13.3. The van der Waals surface area contributed by atoms with Crippen LogP contribution < -0.4 is 10.9 Å². The minimum atomic E-state index is -0.123. The van der Waals surface area contributed by atoms with Gasteiger partial charge in [-0.2, -0.15) is 0 Å². The Balaban J connectivity index is 1.48. The van der Waals surface area contributed by atoms with Gasteiger partial charge in [0.05, 0.1) is 23.2 Å². The third-order valence-corrected chi connectivity index (χ3v) is 6.78. The summed E-state index contributed by atoms with van der Waals surface area (Å²) in [7, 11) is 0. The van der Waals surface area contributed by atoms with Crippen molar-refractivity contribution < 1.29 is 4.79 Å².